The van der Waals surface area contributed by atoms with Crippen molar-refractivity contribution in [2.45, 2.75) is 4.90 Å². The number of phenolic OH excluding ortho intramolecular Hbond substituents is 1. The van der Waals surface area contributed by atoms with Crippen LogP contribution in [0.15, 0.2) is 75.1 Å². The number of sulfonamides is 1. The highest BCUT2D eigenvalue weighted by atomic mass is 79.9. The number of carbonyl (C=O) groups is 1. The van der Waals surface area contributed by atoms with Gasteiger partial charge in [0.2, 0.25) is 0 Å². The molecule has 2 N–H and O–H groups in total. The topological polar surface area (TPSA) is 127 Å². The van der Waals surface area contributed by atoms with Gasteiger partial charge in [-0.2, -0.15) is 5.10 Å². The lowest BCUT2D eigenvalue weighted by atomic mass is 10.2. The number of hydrogen-bond donors (Lipinski definition) is 2. The number of carbonyl (C=O) groups excluding carboxylic acids is 1. The standard InChI is InChI=1S/C24H24BrN3O7S/c1-33-19-7-5-18(6-8-19)28(36(31,32)20-9-11-22(34-2)23(13-20)35-3)15-24(30)27-26-14-16-12-17(25)4-10-21(16)29/h4-14,29H,15H2,1-3H3,(H,27,30)/b26-14-. The van der Waals surface area contributed by atoms with Crippen LogP contribution >= 0.6 is 15.9 Å². The highest BCUT2D eigenvalue weighted by molar-refractivity contribution is 9.10. The Labute approximate surface area is 217 Å². The lowest BCUT2D eigenvalue weighted by Crippen LogP contribution is -2.39. The lowest BCUT2D eigenvalue weighted by molar-refractivity contribution is -0.119. The number of ether oxygens (including phenoxy) is 3. The molecule has 3 rings (SSSR count). The molecule has 0 fully saturated rings. The van der Waals surface area contributed by atoms with Gasteiger partial charge in [-0.15, -0.1) is 0 Å². The summed E-state index contributed by atoms with van der Waals surface area (Å²) in [6.45, 7) is -0.579. The van der Waals surface area contributed by atoms with Gasteiger partial charge in [-0.1, -0.05) is 15.9 Å². The number of hydrazone groups is 1. The maximum Gasteiger partial charge on any atom is 0.264 e. The Morgan fingerprint density at radius 3 is 2.33 bits per heavy atom. The minimum absolute atomic E-state index is 0.0351. The molecule has 12 heteroatoms. The van der Waals surface area contributed by atoms with Crippen LogP contribution in [0.5, 0.6) is 23.0 Å². The van der Waals surface area contributed by atoms with Crippen molar-refractivity contribution in [3.8, 4) is 23.0 Å². The van der Waals surface area contributed by atoms with Gasteiger partial charge in [0.1, 0.15) is 18.0 Å². The number of methoxy groups -OCH3 is 3. The van der Waals surface area contributed by atoms with Gasteiger partial charge >= 0.3 is 0 Å². The van der Waals surface area contributed by atoms with Crippen molar-refractivity contribution in [2.24, 2.45) is 5.10 Å². The highest BCUT2D eigenvalue weighted by Gasteiger charge is 2.28. The molecule has 0 unspecified atom stereocenters. The van der Waals surface area contributed by atoms with E-state index in [0.717, 1.165) is 4.31 Å². The predicted molar refractivity (Wildman–Crippen MR) is 139 cm³/mol. The predicted octanol–water partition coefficient (Wildman–Crippen LogP) is 3.53. The molecule has 0 aliphatic rings. The molecule has 190 valence electrons. The average Bonchev–Trinajstić information content (AvgIpc) is 2.88. The minimum Gasteiger partial charge on any atom is -0.507 e. The fourth-order valence-electron chi connectivity index (χ4n) is 3.14. The minimum atomic E-state index is -4.22. The van der Waals surface area contributed by atoms with Crippen LogP contribution in [0, 0.1) is 0 Å². The third-order valence-corrected chi connectivity index (χ3v) is 7.24. The molecule has 0 saturated heterocycles. The van der Waals surface area contributed by atoms with Crippen LogP contribution in [0.3, 0.4) is 0 Å². The molecule has 0 aliphatic heterocycles. The highest BCUT2D eigenvalue weighted by Crippen LogP contribution is 2.32. The summed E-state index contributed by atoms with van der Waals surface area (Å²) < 4.78 is 44.4. The molecule has 0 radical (unpaired) electrons. The Balaban J connectivity index is 1.91. The number of amides is 1. The van der Waals surface area contributed by atoms with Gasteiger partial charge in [0.05, 0.1) is 38.1 Å². The van der Waals surface area contributed by atoms with Crippen molar-refractivity contribution in [1.29, 1.82) is 0 Å². The zero-order chi connectivity index (χ0) is 26.3. The molecule has 36 heavy (non-hydrogen) atoms. The number of aromatic hydroxyl groups is 1. The summed E-state index contributed by atoms with van der Waals surface area (Å²) in [7, 11) is 0.102. The van der Waals surface area contributed by atoms with Crippen LogP contribution in [-0.4, -0.2) is 53.5 Å². The van der Waals surface area contributed by atoms with E-state index in [1.54, 1.807) is 24.3 Å². The number of anilines is 1. The van der Waals surface area contributed by atoms with Crippen LogP contribution < -0.4 is 23.9 Å². The van der Waals surface area contributed by atoms with E-state index >= 15 is 0 Å². The fourth-order valence-corrected chi connectivity index (χ4v) is 4.95. The smallest absolute Gasteiger partial charge is 0.264 e. The van der Waals surface area contributed by atoms with Crippen molar-refractivity contribution in [3.63, 3.8) is 0 Å². The largest absolute Gasteiger partial charge is 0.507 e. The molecular formula is C24H24BrN3O7S. The first kappa shape index (κ1) is 26.8. The second kappa shape index (κ2) is 11.8. The molecule has 0 atom stereocenters. The van der Waals surface area contributed by atoms with Crippen molar-refractivity contribution in [2.75, 3.05) is 32.2 Å². The van der Waals surface area contributed by atoms with Gasteiger partial charge in [0.15, 0.2) is 11.5 Å². The van der Waals surface area contributed by atoms with Gasteiger partial charge in [0.25, 0.3) is 15.9 Å². The van der Waals surface area contributed by atoms with Crippen LogP contribution in [0.2, 0.25) is 0 Å². The van der Waals surface area contributed by atoms with E-state index in [2.05, 4.69) is 26.5 Å². The molecule has 0 aliphatic carbocycles. The van der Waals surface area contributed by atoms with E-state index in [-0.39, 0.29) is 22.1 Å². The maximum atomic E-state index is 13.6. The summed E-state index contributed by atoms with van der Waals surface area (Å²) in [4.78, 5) is 12.6. The van der Waals surface area contributed by atoms with Gasteiger partial charge < -0.3 is 19.3 Å². The van der Waals surface area contributed by atoms with Crippen molar-refractivity contribution < 1.29 is 32.5 Å². The number of halogens is 1. The molecule has 1 amide bonds. The third-order valence-electron chi connectivity index (χ3n) is 4.97. The second-order valence-corrected chi connectivity index (χ2v) is 10.0. The van der Waals surface area contributed by atoms with Crippen molar-refractivity contribution in [1.82, 2.24) is 5.43 Å². The number of nitrogens with one attached hydrogen (secondary N) is 1. The summed E-state index contributed by atoms with van der Waals surface area (Å²) in [5.74, 6) is 0.351. The first-order chi connectivity index (χ1) is 17.2. The van der Waals surface area contributed by atoms with Crippen LogP contribution in [0.25, 0.3) is 0 Å². The Bertz CT molecular complexity index is 1360. The average molecular weight is 578 g/mol. The van der Waals surface area contributed by atoms with E-state index in [1.807, 2.05) is 0 Å². The van der Waals surface area contributed by atoms with Crippen molar-refractivity contribution >= 4 is 43.8 Å². The fraction of sp³-hybridized carbons (Fsp3) is 0.167. The molecule has 0 aromatic heterocycles. The van der Waals surface area contributed by atoms with Gasteiger partial charge in [0, 0.05) is 16.1 Å². The number of phenols is 1. The molecule has 10 nitrogen and oxygen atoms in total. The van der Waals surface area contributed by atoms with E-state index in [1.165, 1.54) is 63.9 Å². The van der Waals surface area contributed by atoms with E-state index in [0.29, 0.717) is 21.5 Å². The second-order valence-electron chi connectivity index (χ2n) is 7.22. The number of hydrogen-bond acceptors (Lipinski definition) is 8. The summed E-state index contributed by atoms with van der Waals surface area (Å²) >= 11 is 3.29. The van der Waals surface area contributed by atoms with Gasteiger partial charge in [-0.25, -0.2) is 13.8 Å². The number of nitrogens with zero attached hydrogens (tertiary/aromatic N) is 2. The lowest BCUT2D eigenvalue weighted by Gasteiger charge is -2.24. The quantitative estimate of drug-likeness (QED) is 0.279. The molecule has 0 bridgehead atoms. The van der Waals surface area contributed by atoms with Gasteiger partial charge in [-0.05, 0) is 54.6 Å². The summed E-state index contributed by atoms with van der Waals surface area (Å²) in [5, 5.41) is 13.7. The van der Waals surface area contributed by atoms with E-state index in [9.17, 15) is 18.3 Å². The van der Waals surface area contributed by atoms with Crippen molar-refractivity contribution in [3.05, 3.63) is 70.7 Å². The van der Waals surface area contributed by atoms with Crippen LogP contribution in [0.4, 0.5) is 5.69 Å². The van der Waals surface area contributed by atoms with Crippen LogP contribution in [0.1, 0.15) is 5.56 Å². The Hall–Kier alpha value is -3.77. The zero-order valence-electron chi connectivity index (χ0n) is 19.6. The van der Waals surface area contributed by atoms with E-state index < -0.39 is 22.5 Å². The number of rotatable bonds is 10. The summed E-state index contributed by atoms with van der Waals surface area (Å²) in [6, 6.07) is 15.1. The van der Waals surface area contributed by atoms with E-state index in [4.69, 9.17) is 14.2 Å². The summed E-state index contributed by atoms with van der Waals surface area (Å²) in [5.41, 5.74) is 2.88. The molecular weight excluding hydrogens is 554 g/mol. The normalized spacial score (nSPS) is 11.2. The Morgan fingerprint density at radius 2 is 1.69 bits per heavy atom. The third kappa shape index (κ3) is 6.26. The molecule has 3 aromatic rings. The number of benzene rings is 3. The van der Waals surface area contributed by atoms with Crippen LogP contribution in [-0.2, 0) is 14.8 Å². The first-order valence-electron chi connectivity index (χ1n) is 10.4. The Morgan fingerprint density at radius 1 is 1.00 bits per heavy atom. The molecule has 0 spiro atoms. The summed E-state index contributed by atoms with van der Waals surface area (Å²) in [6.07, 6.45) is 1.25. The molecule has 0 heterocycles. The Kier molecular flexibility index (Phi) is 8.78. The maximum absolute atomic E-state index is 13.6. The molecule has 0 saturated carbocycles. The monoisotopic (exact) mass is 577 g/mol. The zero-order valence-corrected chi connectivity index (χ0v) is 22.0. The first-order valence-corrected chi connectivity index (χ1v) is 12.6. The SMILES string of the molecule is COc1ccc(N(CC(=O)N/N=C\c2cc(Br)ccc2O)S(=O)(=O)c2ccc(OC)c(OC)c2)cc1. The molecule has 3 aromatic carbocycles. The van der Waals surface area contributed by atoms with Gasteiger partial charge in [-0.3, -0.25) is 9.10 Å².